The summed E-state index contributed by atoms with van der Waals surface area (Å²) in [6.07, 6.45) is 1.44. The van der Waals surface area contributed by atoms with Gasteiger partial charge in [-0.3, -0.25) is 4.72 Å². The van der Waals surface area contributed by atoms with E-state index in [0.29, 0.717) is 22.9 Å². The van der Waals surface area contributed by atoms with Crippen LogP contribution in [0.15, 0.2) is 39.0 Å². The van der Waals surface area contributed by atoms with Crippen LogP contribution in [-0.4, -0.2) is 15.0 Å². The van der Waals surface area contributed by atoms with Crippen molar-refractivity contribution < 1.29 is 8.42 Å². The number of aryl methyl sites for hydroxylation is 1. The molecule has 0 aliphatic carbocycles. The maximum absolute atomic E-state index is 12.4. The zero-order valence-corrected chi connectivity index (χ0v) is 14.8. The van der Waals surface area contributed by atoms with Crippen LogP contribution in [0.3, 0.4) is 0 Å². The monoisotopic (exact) mass is 388 g/mol. The smallest absolute Gasteiger partial charge is 0.271 e. The Morgan fingerprint density at radius 2 is 2.05 bits per heavy atom. The fourth-order valence-electron chi connectivity index (χ4n) is 1.93. The summed E-state index contributed by atoms with van der Waals surface area (Å²) in [7, 11) is -3.54. The molecule has 1 heterocycles. The molecule has 0 fully saturated rings. The average Bonchev–Trinajstić information content (AvgIpc) is 2.90. The molecule has 1 aromatic carbocycles. The van der Waals surface area contributed by atoms with Crippen molar-refractivity contribution in [2.75, 3.05) is 11.3 Å². The molecule has 3 N–H and O–H groups in total. The zero-order chi connectivity index (χ0) is 15.5. The molecule has 1 aromatic heterocycles. The molecule has 21 heavy (non-hydrogen) atoms. The number of hydrogen-bond donors (Lipinski definition) is 2. The molecule has 0 aliphatic heterocycles. The Balaban J connectivity index is 2.28. The van der Waals surface area contributed by atoms with E-state index < -0.39 is 10.0 Å². The second-order valence-corrected chi connectivity index (χ2v) is 8.51. The summed E-state index contributed by atoms with van der Waals surface area (Å²) in [5, 5.41) is 0. The number of sulfonamides is 1. The van der Waals surface area contributed by atoms with Gasteiger partial charge in [0.25, 0.3) is 10.0 Å². The lowest BCUT2D eigenvalue weighted by Gasteiger charge is -2.11. The molecule has 0 saturated carbocycles. The molecule has 0 amide bonds. The number of nitrogens with two attached hydrogens (primary N) is 1. The standard InChI is InChI=1S/C14H17BrN2O2S2/c1-2-10-9-11(15)3-5-13(10)17-21(18,19)14-6-4-12(20-14)7-8-16/h3-6,9,17H,2,7-8,16H2,1H3. The SMILES string of the molecule is CCc1cc(Br)ccc1NS(=O)(=O)c1ccc(CCN)s1. The molecule has 114 valence electrons. The van der Waals surface area contributed by atoms with Gasteiger partial charge >= 0.3 is 0 Å². The Morgan fingerprint density at radius 1 is 1.29 bits per heavy atom. The lowest BCUT2D eigenvalue weighted by atomic mass is 10.1. The number of halogens is 1. The van der Waals surface area contributed by atoms with Crippen LogP contribution < -0.4 is 10.5 Å². The van der Waals surface area contributed by atoms with Gasteiger partial charge in [0.15, 0.2) is 0 Å². The van der Waals surface area contributed by atoms with Crippen molar-refractivity contribution in [2.45, 2.75) is 24.0 Å². The lowest BCUT2D eigenvalue weighted by Crippen LogP contribution is -2.12. The average molecular weight is 389 g/mol. The van der Waals surface area contributed by atoms with Gasteiger partial charge in [-0.15, -0.1) is 11.3 Å². The Hall–Kier alpha value is -0.890. The molecule has 0 unspecified atom stereocenters. The van der Waals surface area contributed by atoms with Gasteiger partial charge in [-0.1, -0.05) is 22.9 Å². The highest BCUT2D eigenvalue weighted by Gasteiger charge is 2.18. The Bertz CT molecular complexity index is 726. The molecule has 2 rings (SSSR count). The zero-order valence-electron chi connectivity index (χ0n) is 11.6. The fourth-order valence-corrected chi connectivity index (χ4v) is 4.81. The number of benzene rings is 1. The summed E-state index contributed by atoms with van der Waals surface area (Å²) in [5.41, 5.74) is 7.06. The third kappa shape index (κ3) is 4.06. The molecule has 0 atom stereocenters. The first-order valence-corrected chi connectivity index (χ1v) is 9.65. The highest BCUT2D eigenvalue weighted by Crippen LogP contribution is 2.27. The van der Waals surface area contributed by atoms with E-state index in [-0.39, 0.29) is 0 Å². The van der Waals surface area contributed by atoms with Crippen molar-refractivity contribution in [3.8, 4) is 0 Å². The fraction of sp³-hybridized carbons (Fsp3) is 0.286. The Morgan fingerprint density at radius 3 is 2.71 bits per heavy atom. The minimum absolute atomic E-state index is 0.316. The maximum atomic E-state index is 12.4. The van der Waals surface area contributed by atoms with E-state index in [1.165, 1.54) is 11.3 Å². The Kier molecular flexibility index (Phi) is 5.43. The quantitative estimate of drug-likeness (QED) is 0.796. The number of anilines is 1. The normalized spacial score (nSPS) is 11.6. The second kappa shape index (κ2) is 6.91. The van der Waals surface area contributed by atoms with Gasteiger partial charge in [-0.05, 0) is 55.3 Å². The van der Waals surface area contributed by atoms with Gasteiger partial charge in [0, 0.05) is 9.35 Å². The minimum Gasteiger partial charge on any atom is -0.330 e. The third-order valence-electron chi connectivity index (χ3n) is 2.99. The summed E-state index contributed by atoms with van der Waals surface area (Å²) in [6, 6.07) is 8.96. The molecule has 0 radical (unpaired) electrons. The number of nitrogens with one attached hydrogen (secondary N) is 1. The molecular formula is C14H17BrN2O2S2. The van der Waals surface area contributed by atoms with Gasteiger partial charge in [0.2, 0.25) is 0 Å². The number of hydrogen-bond acceptors (Lipinski definition) is 4. The largest absolute Gasteiger partial charge is 0.330 e. The summed E-state index contributed by atoms with van der Waals surface area (Å²) in [5.74, 6) is 0. The topological polar surface area (TPSA) is 72.2 Å². The highest BCUT2D eigenvalue weighted by atomic mass is 79.9. The van der Waals surface area contributed by atoms with Crippen molar-refractivity contribution in [3.63, 3.8) is 0 Å². The lowest BCUT2D eigenvalue weighted by molar-refractivity contribution is 0.603. The van der Waals surface area contributed by atoms with Gasteiger partial charge in [0.05, 0.1) is 5.69 Å². The van der Waals surface area contributed by atoms with Gasteiger partial charge in [0.1, 0.15) is 4.21 Å². The molecule has 2 aromatic rings. The molecule has 7 heteroatoms. The molecule has 0 aliphatic rings. The first-order valence-electron chi connectivity index (χ1n) is 6.56. The van der Waals surface area contributed by atoms with Crippen molar-refractivity contribution in [2.24, 2.45) is 5.73 Å². The van der Waals surface area contributed by atoms with Crippen LogP contribution in [0, 0.1) is 0 Å². The van der Waals surface area contributed by atoms with Crippen LogP contribution in [0.5, 0.6) is 0 Å². The third-order valence-corrected chi connectivity index (χ3v) is 6.48. The number of rotatable bonds is 6. The van der Waals surface area contributed by atoms with Crippen molar-refractivity contribution in [1.82, 2.24) is 0 Å². The first-order chi connectivity index (χ1) is 9.96. The van der Waals surface area contributed by atoms with Crippen molar-refractivity contribution >= 4 is 43.0 Å². The van der Waals surface area contributed by atoms with Crippen LogP contribution in [0.1, 0.15) is 17.4 Å². The molecule has 0 spiro atoms. The summed E-state index contributed by atoms with van der Waals surface area (Å²) in [6.45, 7) is 2.50. The second-order valence-electron chi connectivity index (χ2n) is 4.52. The minimum atomic E-state index is -3.54. The predicted molar refractivity (Wildman–Crippen MR) is 91.4 cm³/mol. The van der Waals surface area contributed by atoms with Crippen LogP contribution in [0.4, 0.5) is 5.69 Å². The Labute approximate surface area is 137 Å². The first kappa shape index (κ1) is 16.5. The van der Waals surface area contributed by atoms with Gasteiger partial charge in [-0.2, -0.15) is 0 Å². The maximum Gasteiger partial charge on any atom is 0.271 e. The van der Waals surface area contributed by atoms with E-state index >= 15 is 0 Å². The predicted octanol–water partition coefficient (Wildman–Crippen LogP) is 3.38. The van der Waals surface area contributed by atoms with Crippen LogP contribution >= 0.6 is 27.3 Å². The summed E-state index contributed by atoms with van der Waals surface area (Å²) in [4.78, 5) is 0.976. The summed E-state index contributed by atoms with van der Waals surface area (Å²) < 4.78 is 28.8. The molecule has 0 bridgehead atoms. The van der Waals surface area contributed by atoms with Crippen LogP contribution in [-0.2, 0) is 22.9 Å². The molecule has 4 nitrogen and oxygen atoms in total. The van der Waals surface area contributed by atoms with Gasteiger partial charge < -0.3 is 5.73 Å². The van der Waals surface area contributed by atoms with E-state index in [1.807, 2.05) is 25.1 Å². The molecular weight excluding hydrogens is 372 g/mol. The van der Waals surface area contributed by atoms with Crippen molar-refractivity contribution in [1.29, 1.82) is 0 Å². The summed E-state index contributed by atoms with van der Waals surface area (Å²) >= 11 is 4.66. The van der Waals surface area contributed by atoms with Crippen molar-refractivity contribution in [3.05, 3.63) is 45.2 Å². The highest BCUT2D eigenvalue weighted by molar-refractivity contribution is 9.10. The van der Waals surface area contributed by atoms with E-state index in [4.69, 9.17) is 5.73 Å². The van der Waals surface area contributed by atoms with E-state index in [1.54, 1.807) is 12.1 Å². The number of thiophene rings is 1. The molecule has 0 saturated heterocycles. The van der Waals surface area contributed by atoms with Crippen LogP contribution in [0.25, 0.3) is 0 Å². The van der Waals surface area contributed by atoms with E-state index in [0.717, 1.165) is 21.3 Å². The van der Waals surface area contributed by atoms with E-state index in [2.05, 4.69) is 20.7 Å². The van der Waals surface area contributed by atoms with Gasteiger partial charge in [-0.25, -0.2) is 8.42 Å². The van der Waals surface area contributed by atoms with Crippen LogP contribution in [0.2, 0.25) is 0 Å². The van der Waals surface area contributed by atoms with E-state index in [9.17, 15) is 8.42 Å².